The van der Waals surface area contributed by atoms with Crippen LogP contribution in [0.15, 0.2) is 12.2 Å². The molecule has 0 radical (unpaired) electrons. The summed E-state index contributed by atoms with van der Waals surface area (Å²) < 4.78 is 22.2. The van der Waals surface area contributed by atoms with Crippen molar-refractivity contribution >= 4 is 11.9 Å². The number of aliphatic hydroxyl groups excluding tert-OH is 4. The van der Waals surface area contributed by atoms with E-state index >= 15 is 0 Å². The second-order valence-corrected chi connectivity index (χ2v) is 17.6. The predicted molar refractivity (Wildman–Crippen MR) is 243 cm³/mol. The zero-order chi connectivity index (χ0) is 43.7. The summed E-state index contributed by atoms with van der Waals surface area (Å²) in [5.41, 5.74) is 0. The Morgan fingerprint density at radius 1 is 0.500 bits per heavy atom. The SMILES string of the molecule is CCCCCCCCCCCCCCCCCCCC/C=C/CCCC(=O)OC[C@@H](CO[C@H]1O[C@@H](CO)[C@@H](O)C(O)C1O)OC(=O)CCCCCCCCCCCCCC. The molecule has 10 heteroatoms. The lowest BCUT2D eigenvalue weighted by Crippen LogP contribution is -2.59. The van der Waals surface area contributed by atoms with Crippen LogP contribution in [0.25, 0.3) is 0 Å². The van der Waals surface area contributed by atoms with Gasteiger partial charge in [-0.25, -0.2) is 0 Å². The molecule has 1 aliphatic rings. The molecule has 1 saturated heterocycles. The van der Waals surface area contributed by atoms with Crippen LogP contribution in [0.1, 0.15) is 239 Å². The van der Waals surface area contributed by atoms with Gasteiger partial charge in [-0.05, 0) is 32.1 Å². The number of carbonyl (C=O) groups excluding carboxylic acids is 2. The summed E-state index contributed by atoms with van der Waals surface area (Å²) in [6.45, 7) is 3.43. The standard InChI is InChI=1S/C50H94O10/c1-3-5-7-9-11-13-15-17-18-19-20-21-22-23-24-25-26-27-29-30-32-34-36-38-45(52)57-41-43(42-58-50-49(56)48(55)47(54)44(40-51)60-50)59-46(53)39-37-35-33-31-28-16-14-12-10-8-6-4-2/h30,32,43-44,47-51,54-56H,3-29,31,33-42H2,1-2H3/b32-30+/t43-,44-,47+,48?,49?,50-/m0/s1. The molecule has 0 bridgehead atoms. The molecule has 60 heavy (non-hydrogen) atoms. The van der Waals surface area contributed by atoms with Crippen LogP contribution in [0.5, 0.6) is 0 Å². The number of rotatable bonds is 43. The van der Waals surface area contributed by atoms with Gasteiger partial charge < -0.3 is 39.4 Å². The van der Waals surface area contributed by atoms with Crippen molar-refractivity contribution in [2.24, 2.45) is 0 Å². The molecule has 10 nitrogen and oxygen atoms in total. The minimum atomic E-state index is -1.59. The van der Waals surface area contributed by atoms with E-state index < -0.39 is 55.4 Å². The number of unbranched alkanes of at least 4 members (excludes halogenated alkanes) is 30. The summed E-state index contributed by atoms with van der Waals surface area (Å²) in [6, 6.07) is 0. The number of ether oxygens (including phenoxy) is 4. The van der Waals surface area contributed by atoms with E-state index in [9.17, 15) is 30.0 Å². The molecule has 0 aromatic carbocycles. The smallest absolute Gasteiger partial charge is 0.306 e. The van der Waals surface area contributed by atoms with Crippen LogP contribution in [0.3, 0.4) is 0 Å². The lowest BCUT2D eigenvalue weighted by atomic mass is 9.99. The molecule has 0 aromatic rings. The van der Waals surface area contributed by atoms with Gasteiger partial charge in [0.1, 0.15) is 31.0 Å². The van der Waals surface area contributed by atoms with Gasteiger partial charge >= 0.3 is 11.9 Å². The number of esters is 2. The van der Waals surface area contributed by atoms with Crippen LogP contribution in [-0.4, -0.2) is 89.0 Å². The Hall–Kier alpha value is -1.56. The highest BCUT2D eigenvalue weighted by atomic mass is 16.7. The summed E-state index contributed by atoms with van der Waals surface area (Å²) in [6.07, 6.45) is 38.1. The first kappa shape index (κ1) is 56.5. The Morgan fingerprint density at radius 2 is 0.900 bits per heavy atom. The van der Waals surface area contributed by atoms with Gasteiger partial charge in [-0.2, -0.15) is 0 Å². The third-order valence-electron chi connectivity index (χ3n) is 11.9. The highest BCUT2D eigenvalue weighted by molar-refractivity contribution is 5.70. The van der Waals surface area contributed by atoms with E-state index in [2.05, 4.69) is 26.0 Å². The molecule has 1 aliphatic heterocycles. The Balaban J connectivity index is 2.22. The van der Waals surface area contributed by atoms with Crippen molar-refractivity contribution in [2.75, 3.05) is 19.8 Å². The number of aliphatic hydroxyl groups is 4. The van der Waals surface area contributed by atoms with Gasteiger partial charge in [-0.3, -0.25) is 9.59 Å². The summed E-state index contributed by atoms with van der Waals surface area (Å²) in [5, 5.41) is 40.1. The summed E-state index contributed by atoms with van der Waals surface area (Å²) in [4.78, 5) is 25.3. The summed E-state index contributed by atoms with van der Waals surface area (Å²) in [7, 11) is 0. The van der Waals surface area contributed by atoms with Gasteiger partial charge in [0.2, 0.25) is 0 Å². The Kier molecular flexibility index (Phi) is 39.0. The second-order valence-electron chi connectivity index (χ2n) is 17.6. The Bertz CT molecular complexity index is 990. The molecule has 2 unspecified atom stereocenters. The highest BCUT2D eigenvalue weighted by Gasteiger charge is 2.44. The first-order valence-corrected chi connectivity index (χ1v) is 25.3. The molecule has 1 rings (SSSR count). The van der Waals surface area contributed by atoms with Crippen LogP contribution in [0.4, 0.5) is 0 Å². The van der Waals surface area contributed by atoms with Crippen LogP contribution in [-0.2, 0) is 28.5 Å². The Morgan fingerprint density at radius 3 is 1.35 bits per heavy atom. The maximum atomic E-state index is 12.8. The molecule has 1 heterocycles. The van der Waals surface area contributed by atoms with E-state index in [-0.39, 0.29) is 26.1 Å². The quantitative estimate of drug-likeness (QED) is 0.0265. The van der Waals surface area contributed by atoms with E-state index in [0.717, 1.165) is 32.1 Å². The van der Waals surface area contributed by atoms with Crippen molar-refractivity contribution < 1.29 is 49.0 Å². The monoisotopic (exact) mass is 855 g/mol. The normalized spacial score (nSPS) is 19.9. The molecule has 0 aromatic heterocycles. The molecule has 6 atom stereocenters. The maximum Gasteiger partial charge on any atom is 0.306 e. The fraction of sp³-hybridized carbons (Fsp3) is 0.920. The number of hydrogen-bond acceptors (Lipinski definition) is 10. The van der Waals surface area contributed by atoms with Gasteiger partial charge in [0.25, 0.3) is 0 Å². The first-order valence-electron chi connectivity index (χ1n) is 25.3. The zero-order valence-electron chi connectivity index (χ0n) is 38.7. The van der Waals surface area contributed by atoms with Crippen molar-refractivity contribution in [3.63, 3.8) is 0 Å². The summed E-state index contributed by atoms with van der Waals surface area (Å²) >= 11 is 0. The minimum absolute atomic E-state index is 0.227. The number of allylic oxidation sites excluding steroid dienone is 2. The van der Waals surface area contributed by atoms with Gasteiger partial charge in [0.05, 0.1) is 13.2 Å². The lowest BCUT2D eigenvalue weighted by Gasteiger charge is -2.39. The lowest BCUT2D eigenvalue weighted by molar-refractivity contribution is -0.305. The molecular formula is C50H94O10. The van der Waals surface area contributed by atoms with Gasteiger partial charge in [-0.1, -0.05) is 206 Å². The molecule has 0 spiro atoms. The van der Waals surface area contributed by atoms with Gasteiger partial charge in [0, 0.05) is 12.8 Å². The maximum absolute atomic E-state index is 12.8. The number of carbonyl (C=O) groups is 2. The zero-order valence-corrected chi connectivity index (χ0v) is 38.7. The van der Waals surface area contributed by atoms with E-state index in [1.54, 1.807) is 0 Å². The predicted octanol–water partition coefficient (Wildman–Crippen LogP) is 11.5. The van der Waals surface area contributed by atoms with E-state index in [0.29, 0.717) is 12.8 Å². The largest absolute Gasteiger partial charge is 0.462 e. The second kappa shape index (κ2) is 41.5. The van der Waals surface area contributed by atoms with Crippen LogP contribution in [0, 0.1) is 0 Å². The molecule has 0 amide bonds. The molecule has 0 saturated carbocycles. The van der Waals surface area contributed by atoms with Crippen LogP contribution < -0.4 is 0 Å². The first-order chi connectivity index (χ1) is 29.3. The van der Waals surface area contributed by atoms with E-state index in [1.807, 2.05) is 0 Å². The molecule has 1 fully saturated rings. The van der Waals surface area contributed by atoms with Crippen LogP contribution >= 0.6 is 0 Å². The van der Waals surface area contributed by atoms with E-state index in [1.165, 1.54) is 167 Å². The van der Waals surface area contributed by atoms with Crippen molar-refractivity contribution in [3.8, 4) is 0 Å². The minimum Gasteiger partial charge on any atom is -0.462 e. The van der Waals surface area contributed by atoms with Crippen molar-refractivity contribution in [2.45, 2.75) is 275 Å². The fourth-order valence-corrected chi connectivity index (χ4v) is 7.90. The van der Waals surface area contributed by atoms with Gasteiger partial charge in [-0.15, -0.1) is 0 Å². The van der Waals surface area contributed by atoms with Crippen molar-refractivity contribution in [1.29, 1.82) is 0 Å². The molecule has 4 N–H and O–H groups in total. The van der Waals surface area contributed by atoms with Gasteiger partial charge in [0.15, 0.2) is 12.4 Å². The topological polar surface area (TPSA) is 152 Å². The van der Waals surface area contributed by atoms with Crippen molar-refractivity contribution in [1.82, 2.24) is 0 Å². The average Bonchev–Trinajstić information content (AvgIpc) is 3.25. The van der Waals surface area contributed by atoms with E-state index in [4.69, 9.17) is 18.9 Å². The average molecular weight is 855 g/mol. The third kappa shape index (κ3) is 32.2. The molecule has 354 valence electrons. The number of hydrogen-bond donors (Lipinski definition) is 4. The Labute approximate surface area is 367 Å². The van der Waals surface area contributed by atoms with Crippen LogP contribution in [0.2, 0.25) is 0 Å². The summed E-state index contributed by atoms with van der Waals surface area (Å²) in [5.74, 6) is -0.831. The molecule has 0 aliphatic carbocycles. The fourth-order valence-electron chi connectivity index (χ4n) is 7.90. The third-order valence-corrected chi connectivity index (χ3v) is 11.9. The highest BCUT2D eigenvalue weighted by Crippen LogP contribution is 2.23. The molecular weight excluding hydrogens is 761 g/mol. The van der Waals surface area contributed by atoms with Crippen molar-refractivity contribution in [3.05, 3.63) is 12.2 Å².